The topological polar surface area (TPSA) is 86.3 Å². The molecule has 0 saturated carbocycles. The fourth-order valence-corrected chi connectivity index (χ4v) is 4.04. The molecule has 0 radical (unpaired) electrons. The lowest BCUT2D eigenvalue weighted by atomic mass is 9.77. The van der Waals surface area contributed by atoms with E-state index in [0.717, 1.165) is 18.5 Å². The van der Waals surface area contributed by atoms with Gasteiger partial charge in [0.15, 0.2) is 11.5 Å². The summed E-state index contributed by atoms with van der Waals surface area (Å²) >= 11 is 0. The van der Waals surface area contributed by atoms with Crippen molar-refractivity contribution in [1.29, 1.82) is 0 Å². The molecule has 0 saturated heterocycles. The summed E-state index contributed by atoms with van der Waals surface area (Å²) in [6, 6.07) is 3.95. The predicted molar refractivity (Wildman–Crippen MR) is 103 cm³/mol. The van der Waals surface area contributed by atoms with Crippen LogP contribution in [0.5, 0.6) is 11.5 Å². The largest absolute Gasteiger partial charge is 0.493 e. The third-order valence-corrected chi connectivity index (χ3v) is 5.52. The first kappa shape index (κ1) is 20.2. The highest BCUT2D eigenvalue weighted by atomic mass is 16.6. The van der Waals surface area contributed by atoms with Crippen molar-refractivity contribution in [3.63, 3.8) is 0 Å². The van der Waals surface area contributed by atoms with Gasteiger partial charge < -0.3 is 29.4 Å². The average molecular weight is 389 g/mol. The Morgan fingerprint density at radius 2 is 2.04 bits per heavy atom. The second-order valence-corrected chi connectivity index (χ2v) is 6.91. The van der Waals surface area contributed by atoms with Crippen LogP contribution in [-0.2, 0) is 20.7 Å². The van der Waals surface area contributed by atoms with Crippen LogP contribution in [0.4, 0.5) is 0 Å². The van der Waals surface area contributed by atoms with Crippen LogP contribution < -0.4 is 14.8 Å². The Balaban J connectivity index is 1.96. The standard InChI is InChI=1S/C21H27NO6/c1-5-13-15(16(20(23)27-4)11-28-21(13)24)9-17-14-10-19(26-3)18(25-2)8-12(14)6-7-22-17/h5,8,10-11,13,15,17,21-22,24H,1,6-7,9H2,2-4H3/t13-,15+,17+,21-/m1/s1. The van der Waals surface area contributed by atoms with Crippen LogP contribution in [0.25, 0.3) is 0 Å². The quantitative estimate of drug-likeness (QED) is 0.569. The average Bonchev–Trinajstić information content (AvgIpc) is 2.72. The van der Waals surface area contributed by atoms with Crippen LogP contribution in [-0.4, -0.2) is 45.2 Å². The van der Waals surface area contributed by atoms with Crippen LogP contribution in [0.3, 0.4) is 0 Å². The van der Waals surface area contributed by atoms with E-state index in [1.165, 1.54) is 18.9 Å². The van der Waals surface area contributed by atoms with E-state index in [1.54, 1.807) is 20.3 Å². The lowest BCUT2D eigenvalue weighted by Gasteiger charge is -2.37. The lowest BCUT2D eigenvalue weighted by molar-refractivity contribution is -0.142. The molecule has 7 nitrogen and oxygen atoms in total. The first-order chi connectivity index (χ1) is 13.5. The zero-order chi connectivity index (χ0) is 20.3. The molecule has 28 heavy (non-hydrogen) atoms. The van der Waals surface area contributed by atoms with Crippen molar-refractivity contribution in [2.24, 2.45) is 11.8 Å². The molecule has 0 spiro atoms. The molecule has 0 aromatic heterocycles. The maximum atomic E-state index is 12.3. The van der Waals surface area contributed by atoms with Gasteiger partial charge in [0.25, 0.3) is 0 Å². The number of methoxy groups -OCH3 is 3. The van der Waals surface area contributed by atoms with Crippen LogP contribution in [0.15, 0.2) is 36.6 Å². The molecule has 2 aliphatic rings. The number of esters is 1. The van der Waals surface area contributed by atoms with Crippen molar-refractivity contribution in [3.8, 4) is 11.5 Å². The Labute approximate surface area is 164 Å². The SMILES string of the molecule is C=C[C@H]1[C@H](O)OC=C(C(=O)OC)[C@H]1C[C@@H]1NCCc2cc(OC)c(OC)cc21. The van der Waals surface area contributed by atoms with Gasteiger partial charge >= 0.3 is 5.97 Å². The Kier molecular flexibility index (Phi) is 6.26. The smallest absolute Gasteiger partial charge is 0.337 e. The first-order valence-corrected chi connectivity index (χ1v) is 9.26. The molecule has 2 N–H and O–H groups in total. The molecule has 1 aromatic carbocycles. The van der Waals surface area contributed by atoms with Gasteiger partial charge in [0.05, 0.1) is 33.2 Å². The number of fused-ring (bicyclic) bond motifs is 1. The maximum absolute atomic E-state index is 12.3. The van der Waals surface area contributed by atoms with E-state index in [-0.39, 0.29) is 12.0 Å². The summed E-state index contributed by atoms with van der Waals surface area (Å²) in [7, 11) is 4.56. The molecule has 1 aromatic rings. The maximum Gasteiger partial charge on any atom is 0.337 e. The highest BCUT2D eigenvalue weighted by Gasteiger charge is 2.39. The Morgan fingerprint density at radius 3 is 2.68 bits per heavy atom. The van der Waals surface area contributed by atoms with Crippen LogP contribution >= 0.6 is 0 Å². The van der Waals surface area contributed by atoms with Gasteiger partial charge in [0.2, 0.25) is 6.29 Å². The summed E-state index contributed by atoms with van der Waals surface area (Å²) in [6.07, 6.45) is 3.32. The Hall–Kier alpha value is -2.51. The van der Waals surface area contributed by atoms with E-state index in [4.69, 9.17) is 18.9 Å². The van der Waals surface area contributed by atoms with Crippen LogP contribution in [0.2, 0.25) is 0 Å². The first-order valence-electron chi connectivity index (χ1n) is 9.26. The van der Waals surface area contributed by atoms with Crippen LogP contribution in [0.1, 0.15) is 23.6 Å². The van der Waals surface area contributed by atoms with E-state index < -0.39 is 18.2 Å². The predicted octanol–water partition coefficient (Wildman–Crippen LogP) is 2.10. The van der Waals surface area contributed by atoms with E-state index in [0.29, 0.717) is 23.5 Å². The molecule has 0 unspecified atom stereocenters. The minimum Gasteiger partial charge on any atom is -0.493 e. The van der Waals surface area contributed by atoms with E-state index in [1.807, 2.05) is 12.1 Å². The number of rotatable bonds is 6. The minimum absolute atomic E-state index is 0.0330. The number of carbonyl (C=O) groups is 1. The zero-order valence-electron chi connectivity index (χ0n) is 16.4. The molecular formula is C21H27NO6. The summed E-state index contributed by atoms with van der Waals surface area (Å²) < 4.78 is 21.0. The van der Waals surface area contributed by atoms with Crippen molar-refractivity contribution in [2.75, 3.05) is 27.9 Å². The number of aliphatic hydroxyl groups excluding tert-OH is 1. The summed E-state index contributed by atoms with van der Waals surface area (Å²) in [4.78, 5) is 12.3. The fraction of sp³-hybridized carbons (Fsp3) is 0.476. The number of ether oxygens (including phenoxy) is 4. The monoisotopic (exact) mass is 389 g/mol. The summed E-state index contributed by atoms with van der Waals surface area (Å²) in [5.41, 5.74) is 2.66. The van der Waals surface area contributed by atoms with Gasteiger partial charge in [-0.05, 0) is 42.6 Å². The number of aliphatic hydroxyl groups is 1. The minimum atomic E-state index is -1.05. The second-order valence-electron chi connectivity index (χ2n) is 6.91. The summed E-state index contributed by atoms with van der Waals surface area (Å²) in [6.45, 7) is 4.62. The van der Waals surface area contributed by atoms with Gasteiger partial charge in [0, 0.05) is 17.9 Å². The second kappa shape index (κ2) is 8.67. The van der Waals surface area contributed by atoms with E-state index >= 15 is 0 Å². The number of hydrogen-bond donors (Lipinski definition) is 2. The van der Waals surface area contributed by atoms with Gasteiger partial charge in [0.1, 0.15) is 0 Å². The van der Waals surface area contributed by atoms with Gasteiger partial charge in [-0.1, -0.05) is 6.08 Å². The molecule has 0 aliphatic carbocycles. The van der Waals surface area contributed by atoms with E-state index in [9.17, 15) is 9.90 Å². The normalized spacial score (nSPS) is 26.4. The molecule has 0 amide bonds. The van der Waals surface area contributed by atoms with Crippen molar-refractivity contribution in [2.45, 2.75) is 25.2 Å². The lowest BCUT2D eigenvalue weighted by Crippen LogP contribution is -2.39. The van der Waals surface area contributed by atoms with Crippen molar-refractivity contribution >= 4 is 5.97 Å². The molecule has 2 heterocycles. The van der Waals surface area contributed by atoms with Crippen molar-refractivity contribution in [3.05, 3.63) is 47.7 Å². The molecule has 3 rings (SSSR count). The van der Waals surface area contributed by atoms with Crippen molar-refractivity contribution < 1.29 is 28.8 Å². The van der Waals surface area contributed by atoms with Crippen molar-refractivity contribution in [1.82, 2.24) is 5.32 Å². The van der Waals surface area contributed by atoms with Gasteiger partial charge in [-0.2, -0.15) is 0 Å². The summed E-state index contributed by atoms with van der Waals surface area (Å²) in [5.74, 6) is 0.164. The highest BCUT2D eigenvalue weighted by molar-refractivity contribution is 5.89. The molecule has 4 atom stereocenters. The van der Waals surface area contributed by atoms with Gasteiger partial charge in [-0.3, -0.25) is 0 Å². The van der Waals surface area contributed by atoms with E-state index in [2.05, 4.69) is 11.9 Å². The van der Waals surface area contributed by atoms with Crippen LogP contribution in [0, 0.1) is 11.8 Å². The number of nitrogens with one attached hydrogen (secondary N) is 1. The summed E-state index contributed by atoms with van der Waals surface area (Å²) in [5, 5.41) is 13.8. The molecule has 152 valence electrons. The number of hydrogen-bond acceptors (Lipinski definition) is 7. The molecule has 0 bridgehead atoms. The van der Waals surface area contributed by atoms with Gasteiger partial charge in [-0.15, -0.1) is 6.58 Å². The third kappa shape index (κ3) is 3.72. The van der Waals surface area contributed by atoms with Gasteiger partial charge in [-0.25, -0.2) is 4.79 Å². The molecular weight excluding hydrogens is 362 g/mol. The Morgan fingerprint density at radius 1 is 1.32 bits per heavy atom. The zero-order valence-corrected chi connectivity index (χ0v) is 16.4. The molecule has 0 fully saturated rings. The molecule has 7 heteroatoms. The highest BCUT2D eigenvalue weighted by Crippen LogP contribution is 2.41. The number of benzene rings is 1. The molecule has 2 aliphatic heterocycles. The Bertz CT molecular complexity index is 774. The third-order valence-electron chi connectivity index (χ3n) is 5.52. The fourth-order valence-electron chi connectivity index (χ4n) is 4.04. The number of carbonyl (C=O) groups excluding carboxylic acids is 1.